The average molecular weight is 402 g/mol. The maximum atomic E-state index is 13.5. The zero-order valence-corrected chi connectivity index (χ0v) is 17.3. The Morgan fingerprint density at radius 2 is 1.73 bits per heavy atom. The maximum absolute atomic E-state index is 13.5. The molecule has 0 saturated carbocycles. The Bertz CT molecular complexity index is 1080. The van der Waals surface area contributed by atoms with Crippen molar-refractivity contribution in [1.29, 1.82) is 0 Å². The molecule has 6 nitrogen and oxygen atoms in total. The third-order valence-electron chi connectivity index (χ3n) is 5.84. The highest BCUT2D eigenvalue weighted by molar-refractivity contribution is 5.88. The van der Waals surface area contributed by atoms with Crippen LogP contribution in [0, 0.1) is 6.92 Å². The van der Waals surface area contributed by atoms with Crippen molar-refractivity contribution in [2.45, 2.75) is 38.4 Å². The van der Waals surface area contributed by atoms with Crippen LogP contribution < -0.4 is 10.9 Å². The molecule has 1 heterocycles. The van der Waals surface area contributed by atoms with E-state index in [1.807, 2.05) is 37.4 Å². The van der Waals surface area contributed by atoms with Gasteiger partial charge in [0, 0.05) is 31.1 Å². The first-order valence-corrected chi connectivity index (χ1v) is 10.1. The Morgan fingerprint density at radius 3 is 2.37 bits per heavy atom. The molecule has 0 aliphatic heterocycles. The number of benzene rings is 2. The highest BCUT2D eigenvalue weighted by atomic mass is 16.2. The lowest BCUT2D eigenvalue weighted by Crippen LogP contribution is -2.58. The molecule has 1 aliphatic carbocycles. The number of amides is 1. The van der Waals surface area contributed by atoms with E-state index in [0.717, 1.165) is 5.56 Å². The molecule has 0 bridgehead atoms. The quantitative estimate of drug-likeness (QED) is 0.664. The van der Waals surface area contributed by atoms with Crippen LogP contribution in [0.5, 0.6) is 0 Å². The molecule has 0 fully saturated rings. The van der Waals surface area contributed by atoms with E-state index in [1.165, 1.54) is 17.2 Å². The van der Waals surface area contributed by atoms with Crippen molar-refractivity contribution in [1.82, 2.24) is 20.2 Å². The summed E-state index contributed by atoms with van der Waals surface area (Å²) in [4.78, 5) is 34.4. The van der Waals surface area contributed by atoms with Crippen LogP contribution in [0.3, 0.4) is 0 Å². The molecule has 1 amide bonds. The summed E-state index contributed by atoms with van der Waals surface area (Å²) < 4.78 is 0. The monoisotopic (exact) mass is 402 g/mol. The van der Waals surface area contributed by atoms with Gasteiger partial charge in [-0.1, -0.05) is 54.6 Å². The number of aryl methyl sites for hydroxylation is 1. The Kier molecular flexibility index (Phi) is 5.50. The van der Waals surface area contributed by atoms with E-state index in [0.29, 0.717) is 30.9 Å². The molecule has 2 N–H and O–H groups in total. The lowest BCUT2D eigenvalue weighted by molar-refractivity contribution is -0.133. The zero-order chi connectivity index (χ0) is 21.1. The molecular weight excluding hydrogens is 376 g/mol. The van der Waals surface area contributed by atoms with Crippen LogP contribution in [0.4, 0.5) is 0 Å². The molecule has 1 aliphatic rings. The summed E-state index contributed by atoms with van der Waals surface area (Å²) >= 11 is 0. The smallest absolute Gasteiger partial charge is 0.251 e. The summed E-state index contributed by atoms with van der Waals surface area (Å²) in [5, 5.41) is 3.02. The predicted molar refractivity (Wildman–Crippen MR) is 116 cm³/mol. The number of nitrogens with zero attached hydrogens (tertiary/aromatic N) is 2. The third-order valence-corrected chi connectivity index (χ3v) is 5.84. The van der Waals surface area contributed by atoms with Crippen LogP contribution in [0.1, 0.15) is 28.2 Å². The summed E-state index contributed by atoms with van der Waals surface area (Å²) in [5.74, 6) is 0.408. The summed E-state index contributed by atoms with van der Waals surface area (Å²) in [7, 11) is 2.01. The minimum absolute atomic E-state index is 0.0544. The van der Waals surface area contributed by atoms with Gasteiger partial charge in [-0.2, -0.15) is 0 Å². The molecule has 0 radical (unpaired) electrons. The number of fused-ring (bicyclic) bond motifs is 1. The molecule has 30 heavy (non-hydrogen) atoms. The van der Waals surface area contributed by atoms with Crippen LogP contribution in [0.15, 0.2) is 65.5 Å². The molecule has 0 atom stereocenters. The van der Waals surface area contributed by atoms with Crippen molar-refractivity contribution < 1.29 is 4.79 Å². The second kappa shape index (κ2) is 8.24. The van der Waals surface area contributed by atoms with E-state index in [4.69, 9.17) is 0 Å². The maximum Gasteiger partial charge on any atom is 0.251 e. The fraction of sp³-hybridized carbons (Fsp3) is 0.292. The van der Waals surface area contributed by atoms with Crippen molar-refractivity contribution in [2.24, 2.45) is 0 Å². The number of hydrogen-bond acceptors (Lipinski definition) is 4. The molecule has 0 spiro atoms. The Morgan fingerprint density at radius 1 is 1.10 bits per heavy atom. The number of hydrogen-bond donors (Lipinski definition) is 2. The van der Waals surface area contributed by atoms with E-state index in [9.17, 15) is 9.59 Å². The number of carbonyl (C=O) groups excluding carboxylic acids is 1. The van der Waals surface area contributed by atoms with E-state index in [1.54, 1.807) is 6.92 Å². The van der Waals surface area contributed by atoms with E-state index in [-0.39, 0.29) is 18.0 Å². The van der Waals surface area contributed by atoms with Gasteiger partial charge in [-0.25, -0.2) is 4.98 Å². The second-order valence-electron chi connectivity index (χ2n) is 8.01. The van der Waals surface area contributed by atoms with Gasteiger partial charge in [0.1, 0.15) is 11.4 Å². The summed E-state index contributed by atoms with van der Waals surface area (Å²) in [6.07, 6.45) is 1.30. The molecule has 2 aromatic carbocycles. The lowest BCUT2D eigenvalue weighted by Gasteiger charge is -2.37. The Balaban J connectivity index is 1.59. The largest absolute Gasteiger partial charge is 0.347 e. The fourth-order valence-corrected chi connectivity index (χ4v) is 4.26. The summed E-state index contributed by atoms with van der Waals surface area (Å²) in [6, 6.07) is 19.8. The van der Waals surface area contributed by atoms with Crippen LogP contribution in [0.2, 0.25) is 0 Å². The Labute approximate surface area is 176 Å². The molecule has 154 valence electrons. The van der Waals surface area contributed by atoms with Gasteiger partial charge in [-0.3, -0.25) is 14.5 Å². The van der Waals surface area contributed by atoms with Crippen LogP contribution in [0.25, 0.3) is 0 Å². The fourth-order valence-electron chi connectivity index (χ4n) is 4.26. The van der Waals surface area contributed by atoms with Gasteiger partial charge in [0.2, 0.25) is 5.91 Å². The van der Waals surface area contributed by atoms with Gasteiger partial charge in [0.25, 0.3) is 5.56 Å². The van der Waals surface area contributed by atoms with E-state index in [2.05, 4.69) is 44.5 Å². The molecule has 0 saturated heterocycles. The van der Waals surface area contributed by atoms with Crippen molar-refractivity contribution >= 4 is 5.91 Å². The van der Waals surface area contributed by atoms with Gasteiger partial charge in [-0.15, -0.1) is 0 Å². The van der Waals surface area contributed by atoms with E-state index < -0.39 is 5.54 Å². The first-order chi connectivity index (χ1) is 14.5. The first-order valence-electron chi connectivity index (χ1n) is 10.1. The lowest BCUT2D eigenvalue weighted by atomic mass is 9.91. The van der Waals surface area contributed by atoms with Crippen LogP contribution in [-0.4, -0.2) is 33.4 Å². The van der Waals surface area contributed by atoms with Gasteiger partial charge < -0.3 is 10.3 Å². The summed E-state index contributed by atoms with van der Waals surface area (Å²) in [6.45, 7) is 2.62. The van der Waals surface area contributed by atoms with Crippen molar-refractivity contribution in [3.05, 3.63) is 99.2 Å². The van der Waals surface area contributed by atoms with Gasteiger partial charge >= 0.3 is 0 Å². The second-order valence-corrected chi connectivity index (χ2v) is 8.01. The topological polar surface area (TPSA) is 78.1 Å². The minimum Gasteiger partial charge on any atom is -0.347 e. The molecule has 1 aromatic heterocycles. The number of carbonyl (C=O) groups is 1. The van der Waals surface area contributed by atoms with Crippen molar-refractivity contribution in [3.63, 3.8) is 0 Å². The highest BCUT2D eigenvalue weighted by Gasteiger charge is 2.46. The average Bonchev–Trinajstić information content (AvgIpc) is 3.13. The predicted octanol–water partition coefficient (Wildman–Crippen LogP) is 2.36. The van der Waals surface area contributed by atoms with Crippen LogP contribution in [-0.2, 0) is 30.7 Å². The number of aromatic amines is 1. The Hall–Kier alpha value is -3.25. The van der Waals surface area contributed by atoms with Gasteiger partial charge in [0.05, 0.1) is 6.54 Å². The number of H-pyrrole nitrogens is 1. The van der Waals surface area contributed by atoms with Crippen molar-refractivity contribution in [3.8, 4) is 0 Å². The number of nitrogens with one attached hydrogen (secondary N) is 2. The molecule has 3 aromatic rings. The molecule has 0 unspecified atom stereocenters. The normalized spacial score (nSPS) is 14.5. The molecular formula is C24H26N4O2. The zero-order valence-electron chi connectivity index (χ0n) is 17.3. The van der Waals surface area contributed by atoms with Crippen molar-refractivity contribution in [2.75, 3.05) is 7.05 Å². The number of likely N-dealkylation sites (N-methyl/N-ethyl adjacent to an activating group) is 1. The molecule has 6 heteroatoms. The highest BCUT2D eigenvalue weighted by Crippen LogP contribution is 2.35. The third kappa shape index (κ3) is 4.04. The SMILES string of the molecule is Cc1cc(=O)[nH]c(CNC(=O)C2(N(C)Cc3ccccc3)Cc3ccccc3C2)n1. The number of aromatic nitrogens is 2. The first kappa shape index (κ1) is 20.0. The molecule has 4 rings (SSSR count). The van der Waals surface area contributed by atoms with E-state index >= 15 is 0 Å². The minimum atomic E-state index is -0.691. The van der Waals surface area contributed by atoms with Gasteiger partial charge in [0.15, 0.2) is 0 Å². The summed E-state index contributed by atoms with van der Waals surface area (Å²) in [5.41, 5.74) is 3.30. The standard InChI is InChI=1S/C24H26N4O2/c1-17-12-22(29)27-21(26-17)15-25-23(30)24(13-19-10-6-7-11-20(19)14-24)28(2)16-18-8-4-3-5-9-18/h3-12H,13-16H2,1-2H3,(H,25,30)(H,26,27,29). The number of rotatable bonds is 6. The van der Waals surface area contributed by atoms with Gasteiger partial charge in [-0.05, 0) is 30.7 Å². The van der Waals surface area contributed by atoms with Crippen LogP contribution >= 0.6 is 0 Å².